The first-order chi connectivity index (χ1) is 9.38. The largest absolute Gasteiger partial charge is 0.316 e. The van der Waals surface area contributed by atoms with Crippen molar-refractivity contribution in [3.63, 3.8) is 0 Å². The molecule has 0 aromatic heterocycles. The van der Waals surface area contributed by atoms with E-state index in [4.69, 9.17) is 28.8 Å². The number of carbonyl (C=O) groups excluding carboxylic acids is 6. The summed E-state index contributed by atoms with van der Waals surface area (Å²) in [5.74, 6) is 0.750. The zero-order valence-corrected chi connectivity index (χ0v) is 15.3. The normalized spacial score (nSPS) is 7.36. The second kappa shape index (κ2) is 17.3. The summed E-state index contributed by atoms with van der Waals surface area (Å²) >= 11 is 0. The molecule has 7 heteroatoms. The molecule has 0 bridgehead atoms. The van der Waals surface area contributed by atoms with Crippen LogP contribution in [0.15, 0.2) is 0 Å². The minimum absolute atomic E-state index is 0. The van der Waals surface area contributed by atoms with Crippen molar-refractivity contribution in [3.8, 4) is 0 Å². The molecule has 0 aliphatic carbocycles. The van der Waals surface area contributed by atoms with Crippen molar-refractivity contribution in [2.45, 2.75) is 41.5 Å². The molecule has 0 aliphatic rings. The third-order valence-corrected chi connectivity index (χ3v) is 1.25. The monoisotopic (exact) mass is 354 g/mol. The minimum Gasteiger partial charge on any atom is -0.316 e. The van der Waals surface area contributed by atoms with Gasteiger partial charge in [-0.1, -0.05) is 0 Å². The molecule has 125 valence electrons. The van der Waals surface area contributed by atoms with Crippen molar-refractivity contribution in [1.29, 1.82) is 0 Å². The van der Waals surface area contributed by atoms with Gasteiger partial charge in [-0.05, 0) is 0 Å². The van der Waals surface area contributed by atoms with Crippen LogP contribution >= 0.6 is 0 Å². The molecule has 6 nitrogen and oxygen atoms in total. The summed E-state index contributed by atoms with van der Waals surface area (Å²) in [7, 11) is 0. The molecular weight excluding hydrogens is 327 g/mol. The Balaban J connectivity index is -0.000000108. The summed E-state index contributed by atoms with van der Waals surface area (Å²) in [6.07, 6.45) is 3.83. The van der Waals surface area contributed by atoms with E-state index in [1.807, 2.05) is 0 Å². The molecule has 1 radical (unpaired) electrons. The third-order valence-electron chi connectivity index (χ3n) is 1.25. The zero-order valence-electron chi connectivity index (χ0n) is 13.9. The van der Waals surface area contributed by atoms with Crippen LogP contribution in [0.2, 0.25) is 0 Å². The fourth-order valence-corrected chi connectivity index (χ4v) is 0.907. The Hall–Kier alpha value is -1.79. The summed E-state index contributed by atoms with van der Waals surface area (Å²) < 4.78 is 0. The second-order valence-corrected chi connectivity index (χ2v) is 4.28. The van der Waals surface area contributed by atoms with E-state index in [-0.39, 0.29) is 53.3 Å². The van der Waals surface area contributed by atoms with Crippen molar-refractivity contribution < 1.29 is 47.3 Å². The maximum atomic E-state index is 8.40. The van der Waals surface area contributed by atoms with E-state index in [0.717, 1.165) is 0 Å². The van der Waals surface area contributed by atoms with Gasteiger partial charge in [0.05, 0.1) is 0 Å². The van der Waals surface area contributed by atoms with Crippen LogP contribution in [-0.2, 0) is 18.6 Å². The van der Waals surface area contributed by atoms with Crippen molar-refractivity contribution in [1.82, 2.24) is 0 Å². The zero-order chi connectivity index (χ0) is 17.6. The Kier molecular flexibility index (Phi) is 22.3. The van der Waals surface area contributed by atoms with E-state index in [2.05, 4.69) is 0 Å². The molecule has 0 spiro atoms. The Bertz CT molecular complexity index is 314. The summed E-state index contributed by atoms with van der Waals surface area (Å²) in [5.41, 5.74) is 0. The van der Waals surface area contributed by atoms with Gasteiger partial charge in [0.2, 0.25) is 0 Å². The van der Waals surface area contributed by atoms with Gasteiger partial charge in [-0.2, -0.15) is 19.3 Å². The molecule has 22 heavy (non-hydrogen) atoms. The quantitative estimate of drug-likeness (QED) is 0.382. The number of hydrogen-bond donors (Lipinski definition) is 0. The molecule has 0 heterocycles. The molecule has 0 unspecified atom stereocenters. The molecule has 0 aromatic rings. The van der Waals surface area contributed by atoms with Crippen LogP contribution in [0.1, 0.15) is 41.5 Å². The molecule has 0 atom stereocenters. The molecule has 0 rings (SSSR count). The maximum absolute atomic E-state index is 8.40. The molecule has 0 aromatic carbocycles. The van der Waals surface area contributed by atoms with Gasteiger partial charge in [-0.15, -0.1) is 0 Å². The van der Waals surface area contributed by atoms with Gasteiger partial charge in [0.1, 0.15) is 0 Å². The van der Waals surface area contributed by atoms with Gasteiger partial charge in [0.15, 0.2) is 34.7 Å². The van der Waals surface area contributed by atoms with E-state index in [1.54, 1.807) is 0 Å². The minimum atomic E-state index is 0. The summed E-state index contributed by atoms with van der Waals surface area (Å²) in [6, 6.07) is 0. The summed E-state index contributed by atoms with van der Waals surface area (Å²) in [4.78, 5) is 50.4. The van der Waals surface area contributed by atoms with Gasteiger partial charge in [-0.25, -0.2) is 0 Å². The number of hydrogen-bond acceptors (Lipinski definition) is 0. The van der Waals surface area contributed by atoms with Gasteiger partial charge >= 0.3 is 0 Å². The predicted molar refractivity (Wildman–Crippen MR) is 88.6 cm³/mol. The SMILES string of the molecule is CC(=[OH+])[CH-]C(C)=[OH+].CC(=[OH+])[CH-]C(C)=[OH+].CC(=[OH+])[CH-]C(C)=[OH+].[V]. The van der Waals surface area contributed by atoms with Gasteiger partial charge in [-0.3, -0.25) is 0 Å². The Morgan fingerprint density at radius 1 is 0.409 bits per heavy atom. The molecule has 0 amide bonds. The van der Waals surface area contributed by atoms with E-state index in [0.29, 0.717) is 0 Å². The molecule has 0 saturated heterocycles. The van der Waals surface area contributed by atoms with Crippen molar-refractivity contribution in [2.75, 3.05) is 0 Å². The fraction of sp³-hybridized carbons (Fsp3) is 0.400. The Morgan fingerprint density at radius 2 is 0.500 bits per heavy atom. The van der Waals surface area contributed by atoms with E-state index < -0.39 is 0 Å². The van der Waals surface area contributed by atoms with Crippen LogP contribution in [0.5, 0.6) is 0 Å². The standard InChI is InChI=1S/3C5H7O2.V/c3*1-4(6)3-5(2)7;/h3*3H,1-2H3;/q3*-1;/p+6. The summed E-state index contributed by atoms with van der Waals surface area (Å²) in [5, 5.41) is 0. The van der Waals surface area contributed by atoms with Crippen LogP contribution in [0, 0.1) is 19.3 Å². The topological polar surface area (TPSA) is 128 Å². The van der Waals surface area contributed by atoms with Crippen LogP contribution in [0.4, 0.5) is 0 Å². The average molecular weight is 354 g/mol. The Labute approximate surface area is 143 Å². The first kappa shape index (κ1) is 28.4. The van der Waals surface area contributed by atoms with Gasteiger partial charge in [0.25, 0.3) is 0 Å². The van der Waals surface area contributed by atoms with Crippen molar-refractivity contribution in [3.05, 3.63) is 19.3 Å². The van der Waals surface area contributed by atoms with Gasteiger partial charge < -0.3 is 28.8 Å². The van der Waals surface area contributed by atoms with E-state index in [9.17, 15) is 0 Å². The van der Waals surface area contributed by atoms with Crippen LogP contribution in [0.25, 0.3) is 0 Å². The first-order valence-electron chi connectivity index (χ1n) is 6.07. The number of rotatable bonds is 6. The molecule has 0 saturated carbocycles. The van der Waals surface area contributed by atoms with E-state index in [1.165, 1.54) is 60.8 Å². The fourth-order valence-electron chi connectivity index (χ4n) is 0.907. The number of ketones is 6. The van der Waals surface area contributed by atoms with Gasteiger partial charge in [0, 0.05) is 60.1 Å². The summed E-state index contributed by atoms with van der Waals surface area (Å²) in [6.45, 7) is 9.00. The third kappa shape index (κ3) is 51.7. The maximum Gasteiger partial charge on any atom is 0.176 e. The average Bonchev–Trinajstić information content (AvgIpc) is 2.10. The molecule has 0 fully saturated rings. The molecule has 6 N–H and O–H groups in total. The van der Waals surface area contributed by atoms with Crippen molar-refractivity contribution >= 4 is 34.7 Å². The second-order valence-electron chi connectivity index (χ2n) is 4.28. The van der Waals surface area contributed by atoms with Crippen molar-refractivity contribution in [2.24, 2.45) is 0 Å². The first-order valence-corrected chi connectivity index (χ1v) is 6.07. The van der Waals surface area contributed by atoms with Crippen LogP contribution in [-0.4, -0.2) is 63.5 Å². The predicted octanol–water partition coefficient (Wildman–Crippen LogP) is 0.958. The molecular formula is C15H27O6V+3. The Morgan fingerprint density at radius 3 is 0.500 bits per heavy atom. The van der Waals surface area contributed by atoms with Crippen LogP contribution < -0.4 is 0 Å². The van der Waals surface area contributed by atoms with E-state index >= 15 is 0 Å². The smallest absolute Gasteiger partial charge is 0.176 e. The van der Waals surface area contributed by atoms with Crippen LogP contribution in [0.3, 0.4) is 0 Å². The molecule has 0 aliphatic heterocycles.